The fraction of sp³-hybridized carbons (Fsp3) is 0.0667. The molecule has 2 aromatic rings. The minimum Gasteiger partial charge on any atom is -0.457 e. The highest BCUT2D eigenvalue weighted by Crippen LogP contribution is 2.15. The highest BCUT2D eigenvalue weighted by Gasteiger charge is 2.14. The van der Waals surface area contributed by atoms with E-state index in [9.17, 15) is 13.6 Å². The number of carbonyl (C=O) groups excluding carboxylic acids is 1. The number of rotatable bonds is 3. The van der Waals surface area contributed by atoms with Crippen molar-refractivity contribution < 1.29 is 18.3 Å². The summed E-state index contributed by atoms with van der Waals surface area (Å²) in [6.07, 6.45) is 0. The molecule has 0 aliphatic carbocycles. The summed E-state index contributed by atoms with van der Waals surface area (Å²) in [6, 6.07) is 8.98. The van der Waals surface area contributed by atoms with Gasteiger partial charge in [0.15, 0.2) is 0 Å². The van der Waals surface area contributed by atoms with Crippen molar-refractivity contribution in [3.63, 3.8) is 0 Å². The van der Waals surface area contributed by atoms with Crippen molar-refractivity contribution in [3.05, 3.63) is 64.7 Å². The first-order valence-corrected chi connectivity index (χ1v) is 5.92. The van der Waals surface area contributed by atoms with Crippen LogP contribution in [0.15, 0.2) is 36.4 Å². The van der Waals surface area contributed by atoms with Gasteiger partial charge in [-0.25, -0.2) is 13.6 Å². The van der Waals surface area contributed by atoms with Crippen molar-refractivity contribution >= 4 is 11.7 Å². The molecular formula is C15H10F2N2O2. The summed E-state index contributed by atoms with van der Waals surface area (Å²) in [6.45, 7) is -0.206. The molecule has 0 aromatic heterocycles. The topological polar surface area (TPSA) is 76.1 Å². The van der Waals surface area contributed by atoms with Crippen molar-refractivity contribution in [3.8, 4) is 6.07 Å². The number of ether oxygens (including phenoxy) is 1. The molecule has 0 atom stereocenters. The SMILES string of the molecule is N#Cc1cc(COC(=O)c2cc(N)ccc2F)ccc1F. The number of esters is 1. The van der Waals surface area contributed by atoms with Crippen LogP contribution < -0.4 is 5.73 Å². The van der Waals surface area contributed by atoms with E-state index in [1.165, 1.54) is 24.3 Å². The smallest absolute Gasteiger partial charge is 0.341 e. The van der Waals surface area contributed by atoms with Crippen molar-refractivity contribution in [2.45, 2.75) is 6.61 Å². The van der Waals surface area contributed by atoms with E-state index in [1.807, 2.05) is 0 Å². The van der Waals surface area contributed by atoms with Gasteiger partial charge in [-0.05, 0) is 35.9 Å². The van der Waals surface area contributed by atoms with Gasteiger partial charge in [-0.2, -0.15) is 5.26 Å². The number of nitriles is 1. The zero-order chi connectivity index (χ0) is 15.4. The van der Waals surface area contributed by atoms with Crippen molar-refractivity contribution in [2.75, 3.05) is 5.73 Å². The number of hydrogen-bond donors (Lipinski definition) is 1. The first kappa shape index (κ1) is 14.5. The van der Waals surface area contributed by atoms with Gasteiger partial charge in [0.2, 0.25) is 0 Å². The number of halogens is 2. The van der Waals surface area contributed by atoms with Crippen LogP contribution in [0.4, 0.5) is 14.5 Å². The summed E-state index contributed by atoms with van der Waals surface area (Å²) in [5.74, 6) is -2.29. The van der Waals surface area contributed by atoms with Crippen LogP contribution in [0, 0.1) is 23.0 Å². The normalized spacial score (nSPS) is 9.95. The summed E-state index contributed by atoms with van der Waals surface area (Å²) in [5, 5.41) is 8.70. The number of hydrogen-bond acceptors (Lipinski definition) is 4. The molecule has 0 bridgehead atoms. The number of nitrogens with zero attached hydrogens (tertiary/aromatic N) is 1. The lowest BCUT2D eigenvalue weighted by Gasteiger charge is -2.07. The molecular weight excluding hydrogens is 278 g/mol. The van der Waals surface area contributed by atoms with Crippen LogP contribution in [0.25, 0.3) is 0 Å². The molecule has 2 N–H and O–H groups in total. The molecule has 4 nitrogen and oxygen atoms in total. The Labute approximate surface area is 119 Å². The Bertz CT molecular complexity index is 739. The zero-order valence-electron chi connectivity index (χ0n) is 10.8. The van der Waals surface area contributed by atoms with Crippen LogP contribution in [-0.2, 0) is 11.3 Å². The highest BCUT2D eigenvalue weighted by atomic mass is 19.1. The lowest BCUT2D eigenvalue weighted by atomic mass is 10.1. The van der Waals surface area contributed by atoms with E-state index in [-0.39, 0.29) is 23.4 Å². The second-order valence-electron chi connectivity index (χ2n) is 4.24. The molecule has 0 saturated heterocycles. The van der Waals surface area contributed by atoms with Crippen molar-refractivity contribution in [1.29, 1.82) is 5.26 Å². The fourth-order valence-corrected chi connectivity index (χ4v) is 1.67. The molecule has 2 rings (SSSR count). The Morgan fingerprint density at radius 1 is 1.19 bits per heavy atom. The van der Waals surface area contributed by atoms with Gasteiger partial charge in [-0.1, -0.05) is 6.07 Å². The van der Waals surface area contributed by atoms with E-state index in [2.05, 4.69) is 0 Å². The van der Waals surface area contributed by atoms with Crippen LogP contribution in [0.5, 0.6) is 0 Å². The predicted molar refractivity (Wildman–Crippen MR) is 71.0 cm³/mol. The summed E-state index contributed by atoms with van der Waals surface area (Å²) in [7, 11) is 0. The van der Waals surface area contributed by atoms with E-state index in [0.29, 0.717) is 5.56 Å². The molecule has 106 valence electrons. The molecule has 0 aliphatic heterocycles. The molecule has 2 aromatic carbocycles. The molecule has 6 heteroatoms. The Morgan fingerprint density at radius 2 is 1.90 bits per heavy atom. The Kier molecular flexibility index (Phi) is 4.14. The minimum absolute atomic E-state index is 0.154. The van der Waals surface area contributed by atoms with Gasteiger partial charge in [-0.15, -0.1) is 0 Å². The minimum atomic E-state index is -0.886. The maximum atomic E-state index is 13.5. The monoisotopic (exact) mass is 288 g/mol. The molecule has 0 unspecified atom stereocenters. The quantitative estimate of drug-likeness (QED) is 0.696. The standard InChI is InChI=1S/C15H10F2N2O2/c16-13-3-1-9(5-10(13)7-18)8-21-15(20)12-6-11(19)2-4-14(12)17/h1-6H,8,19H2. The van der Waals surface area contributed by atoms with Crippen LogP contribution >= 0.6 is 0 Å². The molecule has 0 radical (unpaired) electrons. The summed E-state index contributed by atoms with van der Waals surface area (Å²) < 4.78 is 31.5. The number of carbonyl (C=O) groups is 1. The largest absolute Gasteiger partial charge is 0.457 e. The maximum Gasteiger partial charge on any atom is 0.341 e. The summed E-state index contributed by atoms with van der Waals surface area (Å²) >= 11 is 0. The Morgan fingerprint density at radius 3 is 2.62 bits per heavy atom. The van der Waals surface area contributed by atoms with E-state index >= 15 is 0 Å². The number of nitrogen functional groups attached to an aromatic ring is 1. The molecule has 0 amide bonds. The average molecular weight is 288 g/mol. The van der Waals surface area contributed by atoms with Crippen LogP contribution in [0.2, 0.25) is 0 Å². The summed E-state index contributed by atoms with van der Waals surface area (Å²) in [4.78, 5) is 11.8. The highest BCUT2D eigenvalue weighted by molar-refractivity contribution is 5.90. The lowest BCUT2D eigenvalue weighted by Crippen LogP contribution is -2.08. The van der Waals surface area contributed by atoms with Gasteiger partial charge >= 0.3 is 5.97 Å². The third kappa shape index (κ3) is 3.34. The van der Waals surface area contributed by atoms with Gasteiger partial charge in [0.05, 0.1) is 11.1 Å². The Balaban J connectivity index is 2.11. The molecule has 21 heavy (non-hydrogen) atoms. The fourth-order valence-electron chi connectivity index (χ4n) is 1.67. The van der Waals surface area contributed by atoms with Gasteiger partial charge in [0.25, 0.3) is 0 Å². The van der Waals surface area contributed by atoms with Crippen molar-refractivity contribution in [2.24, 2.45) is 0 Å². The van der Waals surface area contributed by atoms with Gasteiger partial charge in [0.1, 0.15) is 24.3 Å². The number of nitrogens with two attached hydrogens (primary N) is 1. The summed E-state index contributed by atoms with van der Waals surface area (Å²) in [5.41, 5.74) is 5.70. The van der Waals surface area contributed by atoms with E-state index < -0.39 is 17.6 Å². The average Bonchev–Trinajstić information content (AvgIpc) is 2.48. The van der Waals surface area contributed by atoms with E-state index in [0.717, 1.165) is 12.1 Å². The van der Waals surface area contributed by atoms with E-state index in [1.54, 1.807) is 6.07 Å². The number of benzene rings is 2. The molecule has 0 heterocycles. The Hall–Kier alpha value is -2.94. The second kappa shape index (κ2) is 6.01. The van der Waals surface area contributed by atoms with Gasteiger partial charge < -0.3 is 10.5 Å². The van der Waals surface area contributed by atoms with Crippen LogP contribution in [0.1, 0.15) is 21.5 Å². The second-order valence-corrected chi connectivity index (χ2v) is 4.24. The zero-order valence-corrected chi connectivity index (χ0v) is 10.8. The van der Waals surface area contributed by atoms with Crippen LogP contribution in [0.3, 0.4) is 0 Å². The predicted octanol–water partition coefficient (Wildman–Crippen LogP) is 2.78. The van der Waals surface area contributed by atoms with E-state index in [4.69, 9.17) is 15.7 Å². The number of anilines is 1. The molecule has 0 aliphatic rings. The molecule has 0 spiro atoms. The van der Waals surface area contributed by atoms with Crippen LogP contribution in [-0.4, -0.2) is 5.97 Å². The third-order valence-electron chi connectivity index (χ3n) is 2.73. The lowest BCUT2D eigenvalue weighted by molar-refractivity contribution is 0.0467. The molecule has 0 fully saturated rings. The maximum absolute atomic E-state index is 13.5. The van der Waals surface area contributed by atoms with Gasteiger partial charge in [-0.3, -0.25) is 0 Å². The van der Waals surface area contributed by atoms with Crippen molar-refractivity contribution in [1.82, 2.24) is 0 Å². The van der Waals surface area contributed by atoms with Gasteiger partial charge in [0, 0.05) is 5.69 Å². The first-order chi connectivity index (χ1) is 10.0. The molecule has 0 saturated carbocycles. The third-order valence-corrected chi connectivity index (χ3v) is 2.73. The first-order valence-electron chi connectivity index (χ1n) is 5.92.